The van der Waals surface area contributed by atoms with E-state index >= 15 is 0 Å². The third-order valence-electron chi connectivity index (χ3n) is 6.52. The summed E-state index contributed by atoms with van der Waals surface area (Å²) in [5.41, 5.74) is 3.22. The molecule has 7 nitrogen and oxygen atoms in total. The summed E-state index contributed by atoms with van der Waals surface area (Å²) in [6.07, 6.45) is 1.72. The van der Waals surface area contributed by atoms with Gasteiger partial charge in [0.1, 0.15) is 12.6 Å². The van der Waals surface area contributed by atoms with Crippen molar-refractivity contribution in [2.75, 3.05) is 23.9 Å². The van der Waals surface area contributed by atoms with E-state index in [0.29, 0.717) is 25.1 Å². The van der Waals surface area contributed by atoms with E-state index in [1.165, 1.54) is 17.0 Å². The van der Waals surface area contributed by atoms with Crippen molar-refractivity contribution in [3.63, 3.8) is 0 Å². The highest BCUT2D eigenvalue weighted by atomic mass is 32.2. The maximum absolute atomic E-state index is 14.0. The highest BCUT2D eigenvalue weighted by Gasteiger charge is 2.33. The Hall–Kier alpha value is -3.65. The van der Waals surface area contributed by atoms with E-state index in [4.69, 9.17) is 0 Å². The van der Waals surface area contributed by atoms with E-state index < -0.39 is 28.5 Å². The number of benzene rings is 3. The Bertz CT molecular complexity index is 1320. The molecule has 0 bridgehead atoms. The zero-order valence-corrected chi connectivity index (χ0v) is 24.1. The van der Waals surface area contributed by atoms with Crippen LogP contribution in [0, 0.1) is 13.8 Å². The number of nitrogens with zero attached hydrogens (tertiary/aromatic N) is 2. The van der Waals surface area contributed by atoms with E-state index in [9.17, 15) is 18.0 Å². The highest BCUT2D eigenvalue weighted by Crippen LogP contribution is 2.26. The zero-order valence-electron chi connectivity index (χ0n) is 23.3. The third kappa shape index (κ3) is 7.93. The second kappa shape index (κ2) is 13.9. The summed E-state index contributed by atoms with van der Waals surface area (Å²) in [5, 5.41) is 2.91. The Morgan fingerprint density at radius 1 is 0.872 bits per heavy atom. The summed E-state index contributed by atoms with van der Waals surface area (Å²) < 4.78 is 28.9. The van der Waals surface area contributed by atoms with Crippen LogP contribution in [0.2, 0.25) is 0 Å². The Balaban J connectivity index is 2.02. The molecular weight excluding hydrogens is 510 g/mol. The molecule has 8 heteroatoms. The first-order chi connectivity index (χ1) is 18.7. The summed E-state index contributed by atoms with van der Waals surface area (Å²) >= 11 is 0. The molecule has 0 heterocycles. The van der Waals surface area contributed by atoms with Gasteiger partial charge >= 0.3 is 0 Å². The molecule has 0 spiro atoms. The first-order valence-electron chi connectivity index (χ1n) is 13.4. The Labute approximate surface area is 232 Å². The molecule has 3 aromatic rings. The number of rotatable bonds is 13. The highest BCUT2D eigenvalue weighted by molar-refractivity contribution is 7.92. The van der Waals surface area contributed by atoms with Gasteiger partial charge in [0, 0.05) is 13.1 Å². The van der Waals surface area contributed by atoms with Crippen molar-refractivity contribution < 1.29 is 18.0 Å². The van der Waals surface area contributed by atoms with Crippen LogP contribution in [0.1, 0.15) is 43.4 Å². The third-order valence-corrected chi connectivity index (χ3v) is 8.31. The minimum atomic E-state index is -4.06. The van der Waals surface area contributed by atoms with Crippen molar-refractivity contribution in [2.24, 2.45) is 0 Å². The maximum Gasteiger partial charge on any atom is 0.264 e. The van der Waals surface area contributed by atoms with Gasteiger partial charge in [-0.25, -0.2) is 8.42 Å². The average molecular weight is 550 g/mol. The number of hydrogen-bond donors (Lipinski definition) is 1. The number of aryl methyl sites for hydroxylation is 2. The van der Waals surface area contributed by atoms with Gasteiger partial charge < -0.3 is 10.2 Å². The molecule has 0 aliphatic carbocycles. The van der Waals surface area contributed by atoms with E-state index in [1.807, 2.05) is 64.1 Å². The fourth-order valence-electron chi connectivity index (χ4n) is 4.60. The molecule has 39 heavy (non-hydrogen) atoms. The van der Waals surface area contributed by atoms with Gasteiger partial charge in [-0.1, -0.05) is 68.4 Å². The lowest BCUT2D eigenvalue weighted by molar-refractivity contribution is -0.139. The van der Waals surface area contributed by atoms with Crippen LogP contribution < -0.4 is 9.62 Å². The Kier molecular flexibility index (Phi) is 10.7. The maximum atomic E-state index is 14.0. The second-order valence-corrected chi connectivity index (χ2v) is 11.6. The molecule has 0 aromatic heterocycles. The largest absolute Gasteiger partial charge is 0.354 e. The van der Waals surface area contributed by atoms with Crippen molar-refractivity contribution >= 4 is 27.5 Å². The Morgan fingerprint density at radius 3 is 2.03 bits per heavy atom. The second-order valence-electron chi connectivity index (χ2n) is 9.71. The quantitative estimate of drug-likeness (QED) is 0.329. The van der Waals surface area contributed by atoms with Crippen molar-refractivity contribution in [2.45, 2.75) is 57.9 Å². The molecule has 1 atom stereocenters. The number of hydrogen-bond acceptors (Lipinski definition) is 4. The van der Waals surface area contributed by atoms with Gasteiger partial charge in [0.15, 0.2) is 0 Å². The van der Waals surface area contributed by atoms with E-state index in [2.05, 4.69) is 5.32 Å². The minimum absolute atomic E-state index is 0.0977. The SMILES string of the molecule is CCCNC(=O)[C@@H](CC)N(CCc1ccccc1)C(=O)CN(c1cc(C)cc(C)c1)S(=O)(=O)c1ccccc1. The van der Waals surface area contributed by atoms with Crippen LogP contribution in [-0.4, -0.2) is 50.8 Å². The molecule has 0 aliphatic rings. The van der Waals surface area contributed by atoms with Gasteiger partial charge in [0.2, 0.25) is 11.8 Å². The van der Waals surface area contributed by atoms with Gasteiger partial charge in [-0.3, -0.25) is 13.9 Å². The molecule has 3 aromatic carbocycles. The topological polar surface area (TPSA) is 86.8 Å². The van der Waals surface area contributed by atoms with Crippen LogP contribution in [0.15, 0.2) is 83.8 Å². The molecule has 3 rings (SSSR count). The van der Waals surface area contributed by atoms with Gasteiger partial charge in [-0.05, 0) is 74.1 Å². The van der Waals surface area contributed by atoms with Crippen LogP contribution in [0.5, 0.6) is 0 Å². The van der Waals surface area contributed by atoms with Crippen LogP contribution >= 0.6 is 0 Å². The predicted molar refractivity (Wildman–Crippen MR) is 156 cm³/mol. The normalized spacial score (nSPS) is 12.0. The van der Waals surface area contributed by atoms with Crippen LogP contribution in [-0.2, 0) is 26.0 Å². The fraction of sp³-hybridized carbons (Fsp3) is 0.355. The number of carbonyl (C=O) groups is 2. The lowest BCUT2D eigenvalue weighted by atomic mass is 10.1. The zero-order chi connectivity index (χ0) is 28.4. The van der Waals surface area contributed by atoms with Crippen molar-refractivity contribution in [3.8, 4) is 0 Å². The minimum Gasteiger partial charge on any atom is -0.354 e. The van der Waals surface area contributed by atoms with Gasteiger partial charge in [0.05, 0.1) is 10.6 Å². The number of amides is 2. The lowest BCUT2D eigenvalue weighted by Gasteiger charge is -2.33. The molecule has 1 N–H and O–H groups in total. The first-order valence-corrected chi connectivity index (χ1v) is 14.9. The number of nitrogens with one attached hydrogen (secondary N) is 1. The smallest absolute Gasteiger partial charge is 0.264 e. The van der Waals surface area contributed by atoms with Gasteiger partial charge in [0.25, 0.3) is 10.0 Å². The summed E-state index contributed by atoms with van der Waals surface area (Å²) in [7, 11) is -4.06. The molecular formula is C31H39N3O4S. The number of sulfonamides is 1. The molecule has 0 saturated heterocycles. The van der Waals surface area contributed by atoms with E-state index in [-0.39, 0.29) is 17.3 Å². The first kappa shape index (κ1) is 29.9. The lowest BCUT2D eigenvalue weighted by Crippen LogP contribution is -2.53. The molecule has 0 aliphatic heterocycles. The molecule has 0 radical (unpaired) electrons. The molecule has 0 unspecified atom stereocenters. The molecule has 2 amide bonds. The monoisotopic (exact) mass is 549 g/mol. The fourth-order valence-corrected chi connectivity index (χ4v) is 6.02. The predicted octanol–water partition coefficient (Wildman–Crippen LogP) is 4.87. The van der Waals surface area contributed by atoms with Crippen molar-refractivity contribution in [1.82, 2.24) is 10.2 Å². The van der Waals surface area contributed by atoms with E-state index in [1.54, 1.807) is 30.3 Å². The molecule has 208 valence electrons. The van der Waals surface area contributed by atoms with Crippen LogP contribution in [0.3, 0.4) is 0 Å². The van der Waals surface area contributed by atoms with Crippen LogP contribution in [0.25, 0.3) is 0 Å². The van der Waals surface area contributed by atoms with Crippen molar-refractivity contribution in [1.29, 1.82) is 0 Å². The van der Waals surface area contributed by atoms with E-state index in [0.717, 1.165) is 27.4 Å². The number of carbonyl (C=O) groups excluding carboxylic acids is 2. The standard InChI is InChI=1S/C31H39N3O4S/c1-5-18-32-31(36)29(6-2)33(19-17-26-13-9-7-10-14-26)30(35)23-34(27-21-24(3)20-25(4)22-27)39(37,38)28-15-11-8-12-16-28/h7-16,20-22,29H,5-6,17-19,23H2,1-4H3,(H,32,36)/t29-/m1/s1. The summed E-state index contributed by atoms with van der Waals surface area (Å²) in [6, 6.07) is 22.6. The van der Waals surface area contributed by atoms with Gasteiger partial charge in [-0.15, -0.1) is 0 Å². The summed E-state index contributed by atoms with van der Waals surface area (Å²) in [6.45, 7) is 7.98. The average Bonchev–Trinajstić information content (AvgIpc) is 2.92. The number of anilines is 1. The molecule has 0 saturated carbocycles. The Morgan fingerprint density at radius 2 is 1.46 bits per heavy atom. The van der Waals surface area contributed by atoms with Crippen molar-refractivity contribution in [3.05, 3.63) is 95.6 Å². The molecule has 0 fully saturated rings. The van der Waals surface area contributed by atoms with Crippen LogP contribution in [0.4, 0.5) is 5.69 Å². The van der Waals surface area contributed by atoms with Gasteiger partial charge in [-0.2, -0.15) is 0 Å². The summed E-state index contributed by atoms with van der Waals surface area (Å²) in [4.78, 5) is 28.8. The summed E-state index contributed by atoms with van der Waals surface area (Å²) in [5.74, 6) is -0.660.